The molecule has 4 nitrogen and oxygen atoms in total. The lowest BCUT2D eigenvalue weighted by Crippen LogP contribution is -2.28. The number of allylic oxidation sites excluding steroid dienone is 10. The van der Waals surface area contributed by atoms with Crippen molar-refractivity contribution in [1.82, 2.24) is 15.3 Å². The van der Waals surface area contributed by atoms with Gasteiger partial charge in [-0.2, -0.15) is 0 Å². The van der Waals surface area contributed by atoms with Gasteiger partial charge >= 0.3 is 0 Å². The second-order valence-electron chi connectivity index (χ2n) is 15.3. The molecule has 282 valence electrons. The summed E-state index contributed by atoms with van der Waals surface area (Å²) in [6.45, 7) is 0. The summed E-state index contributed by atoms with van der Waals surface area (Å²) in [6, 6.07) is 55.2. The zero-order valence-electron chi connectivity index (χ0n) is 32.6. The van der Waals surface area contributed by atoms with Crippen LogP contribution in [0.25, 0.3) is 67.0 Å². The molecule has 7 aromatic rings. The first-order valence-electron chi connectivity index (χ1n) is 20.4. The third-order valence-electron chi connectivity index (χ3n) is 11.7. The van der Waals surface area contributed by atoms with Crippen LogP contribution in [0.3, 0.4) is 0 Å². The Morgan fingerprint density at radius 3 is 1.92 bits per heavy atom. The molecule has 0 fully saturated rings. The lowest BCUT2D eigenvalue weighted by molar-refractivity contribution is 0.701. The molecule has 0 spiro atoms. The molecular weight excluding hydrogens is 717 g/mol. The van der Waals surface area contributed by atoms with E-state index in [0.29, 0.717) is 5.82 Å². The molecule has 59 heavy (non-hydrogen) atoms. The average Bonchev–Trinajstić information content (AvgIpc) is 3.32. The Labute approximate surface area is 345 Å². The van der Waals surface area contributed by atoms with Gasteiger partial charge in [0, 0.05) is 45.8 Å². The minimum absolute atomic E-state index is 0.0722. The molecule has 4 heteroatoms. The van der Waals surface area contributed by atoms with Gasteiger partial charge in [0.25, 0.3) is 0 Å². The van der Waals surface area contributed by atoms with E-state index >= 15 is 0 Å². The van der Waals surface area contributed by atoms with E-state index in [0.717, 1.165) is 79.7 Å². The fourth-order valence-electron chi connectivity index (χ4n) is 8.82. The van der Waals surface area contributed by atoms with Crippen molar-refractivity contribution < 1.29 is 0 Å². The standard InChI is InChI=1S/C55H42N4/c56-36-49(39-22-9-3-10-23-39)54-47-29-14-13-28-46(47)51(53(58-54)40-24-11-4-12-25-40)41-26-17-27-42(32-41)52-48-30-15-16-31-50(48)57-55(59-52)45-34-43(37-18-5-1-6-19-37)33-44(35-45)38-20-7-2-8-21-38/h1-24,26-31,33-36,40-41,56,58H,25,32H2/b54-49+,56-36?. The summed E-state index contributed by atoms with van der Waals surface area (Å²) in [5.74, 6) is 0.938. The molecule has 0 bridgehead atoms. The highest BCUT2D eigenvalue weighted by atomic mass is 14.9. The van der Waals surface area contributed by atoms with E-state index in [4.69, 9.17) is 15.4 Å². The predicted octanol–water partition coefficient (Wildman–Crippen LogP) is 13.3. The number of benzene rings is 6. The highest BCUT2D eigenvalue weighted by molar-refractivity contribution is 6.19. The van der Waals surface area contributed by atoms with Crippen LogP contribution in [0.15, 0.2) is 206 Å². The Kier molecular flexibility index (Phi) is 9.65. The monoisotopic (exact) mass is 758 g/mol. The van der Waals surface area contributed by atoms with Gasteiger partial charge in [-0.25, -0.2) is 9.97 Å². The zero-order valence-corrected chi connectivity index (χ0v) is 32.6. The number of rotatable bonds is 8. The quantitative estimate of drug-likeness (QED) is 0.152. The number of hydrogen-bond donors (Lipinski definition) is 2. The third-order valence-corrected chi connectivity index (χ3v) is 11.7. The molecule has 0 saturated heterocycles. The molecule has 0 radical (unpaired) electrons. The summed E-state index contributed by atoms with van der Waals surface area (Å²) in [7, 11) is 0. The topological polar surface area (TPSA) is 61.7 Å². The van der Waals surface area contributed by atoms with E-state index in [1.807, 2.05) is 18.2 Å². The Balaban J connectivity index is 1.10. The average molecular weight is 759 g/mol. The van der Waals surface area contributed by atoms with Crippen molar-refractivity contribution in [2.75, 3.05) is 0 Å². The Morgan fingerprint density at radius 2 is 1.22 bits per heavy atom. The molecular formula is C55H42N4. The summed E-state index contributed by atoms with van der Waals surface area (Å²) in [5.41, 5.74) is 16.2. The summed E-state index contributed by atoms with van der Waals surface area (Å²) in [6.07, 6.45) is 18.8. The maximum absolute atomic E-state index is 8.61. The van der Waals surface area contributed by atoms with Crippen molar-refractivity contribution in [2.45, 2.75) is 12.8 Å². The van der Waals surface area contributed by atoms with Crippen LogP contribution in [0.4, 0.5) is 0 Å². The Hall–Kier alpha value is -7.43. The lowest BCUT2D eigenvalue weighted by Gasteiger charge is -2.35. The first kappa shape index (κ1) is 35.9. The van der Waals surface area contributed by atoms with Gasteiger partial charge in [-0.1, -0.05) is 176 Å². The number of nitrogens with zero attached hydrogens (tertiary/aromatic N) is 2. The molecule has 0 amide bonds. The molecule has 0 saturated carbocycles. The van der Waals surface area contributed by atoms with E-state index in [-0.39, 0.29) is 11.8 Å². The SMILES string of the molecule is N=C/C(=C1\NC(C2C=CC=CC2)=C(C2C=CC=C(c3nc(-c4cc(-c5ccccc5)cc(-c5ccccc5)c4)nc4ccccc34)C2)c2ccccc21)c1ccccc1. The van der Waals surface area contributed by atoms with Gasteiger partial charge in [-0.15, -0.1) is 0 Å². The predicted molar refractivity (Wildman–Crippen MR) is 246 cm³/mol. The second kappa shape index (κ2) is 15.8. The first-order valence-corrected chi connectivity index (χ1v) is 20.4. The van der Waals surface area contributed by atoms with E-state index in [2.05, 4.69) is 187 Å². The molecule has 10 rings (SSSR count). The van der Waals surface area contributed by atoms with Crippen LogP contribution in [0.1, 0.15) is 35.2 Å². The van der Waals surface area contributed by atoms with Crippen LogP contribution in [0.2, 0.25) is 0 Å². The molecule has 3 aliphatic rings. The number of para-hydroxylation sites is 1. The lowest BCUT2D eigenvalue weighted by atomic mass is 9.75. The minimum atomic E-state index is 0.0722. The van der Waals surface area contributed by atoms with E-state index < -0.39 is 0 Å². The van der Waals surface area contributed by atoms with Gasteiger partial charge < -0.3 is 10.7 Å². The maximum Gasteiger partial charge on any atom is 0.160 e. The fourth-order valence-corrected chi connectivity index (χ4v) is 8.82. The second-order valence-corrected chi connectivity index (χ2v) is 15.3. The van der Waals surface area contributed by atoms with E-state index in [9.17, 15) is 0 Å². The molecule has 2 heterocycles. The number of aromatic nitrogens is 2. The number of hydrogen-bond acceptors (Lipinski definition) is 4. The summed E-state index contributed by atoms with van der Waals surface area (Å²) in [5, 5.41) is 13.6. The van der Waals surface area contributed by atoms with Crippen LogP contribution < -0.4 is 5.32 Å². The molecule has 2 aliphatic carbocycles. The number of fused-ring (bicyclic) bond motifs is 2. The normalized spacial score (nSPS) is 17.9. The van der Waals surface area contributed by atoms with Crippen LogP contribution in [0.5, 0.6) is 0 Å². The molecule has 1 aliphatic heterocycles. The highest BCUT2D eigenvalue weighted by Gasteiger charge is 2.33. The van der Waals surface area contributed by atoms with Crippen LogP contribution in [-0.4, -0.2) is 16.2 Å². The van der Waals surface area contributed by atoms with Crippen LogP contribution in [-0.2, 0) is 0 Å². The molecule has 2 atom stereocenters. The minimum Gasteiger partial charge on any atom is -0.357 e. The smallest absolute Gasteiger partial charge is 0.160 e. The van der Waals surface area contributed by atoms with E-state index in [1.165, 1.54) is 28.6 Å². The van der Waals surface area contributed by atoms with E-state index in [1.54, 1.807) is 0 Å². The molecule has 2 unspecified atom stereocenters. The molecule has 1 aromatic heterocycles. The van der Waals surface area contributed by atoms with Crippen molar-refractivity contribution in [1.29, 1.82) is 5.41 Å². The first-order chi connectivity index (χ1) is 29.2. The Bertz CT molecular complexity index is 2860. The summed E-state index contributed by atoms with van der Waals surface area (Å²) < 4.78 is 0. The Morgan fingerprint density at radius 1 is 0.593 bits per heavy atom. The molecule has 2 N–H and O–H groups in total. The summed E-state index contributed by atoms with van der Waals surface area (Å²) in [4.78, 5) is 10.7. The maximum atomic E-state index is 8.61. The van der Waals surface area contributed by atoms with Crippen molar-refractivity contribution in [2.24, 2.45) is 11.8 Å². The summed E-state index contributed by atoms with van der Waals surface area (Å²) >= 11 is 0. The number of nitrogens with one attached hydrogen (secondary N) is 2. The van der Waals surface area contributed by atoms with Crippen molar-refractivity contribution in [3.05, 3.63) is 228 Å². The van der Waals surface area contributed by atoms with Crippen molar-refractivity contribution in [3.63, 3.8) is 0 Å². The van der Waals surface area contributed by atoms with Gasteiger partial charge in [-0.3, -0.25) is 0 Å². The highest BCUT2D eigenvalue weighted by Crippen LogP contribution is 2.46. The van der Waals surface area contributed by atoms with Gasteiger partial charge in [0.2, 0.25) is 0 Å². The molecule has 6 aromatic carbocycles. The fraction of sp³-hybridized carbons (Fsp3) is 0.0727. The van der Waals surface area contributed by atoms with Crippen molar-refractivity contribution >= 4 is 39.5 Å². The third kappa shape index (κ3) is 7.00. The zero-order chi connectivity index (χ0) is 39.5. The van der Waals surface area contributed by atoms with Gasteiger partial charge in [0.15, 0.2) is 5.82 Å². The van der Waals surface area contributed by atoms with Gasteiger partial charge in [0.05, 0.1) is 16.9 Å². The van der Waals surface area contributed by atoms with Crippen LogP contribution >= 0.6 is 0 Å². The van der Waals surface area contributed by atoms with Gasteiger partial charge in [0.1, 0.15) is 0 Å². The largest absolute Gasteiger partial charge is 0.357 e. The van der Waals surface area contributed by atoms with Gasteiger partial charge in [-0.05, 0) is 81.6 Å². The van der Waals surface area contributed by atoms with Crippen LogP contribution in [0, 0.1) is 17.2 Å². The van der Waals surface area contributed by atoms with Crippen molar-refractivity contribution in [3.8, 4) is 33.6 Å².